The maximum absolute atomic E-state index is 9.79. The summed E-state index contributed by atoms with van der Waals surface area (Å²) in [7, 11) is 0. The predicted molar refractivity (Wildman–Crippen MR) is 78.4 cm³/mol. The van der Waals surface area contributed by atoms with E-state index in [2.05, 4.69) is 17.1 Å². The minimum absolute atomic E-state index is 0. The number of hydrogen-bond acceptors (Lipinski definition) is 3. The number of piperidine rings is 1. The molecule has 0 aromatic rings. The third-order valence-corrected chi connectivity index (χ3v) is 4.69. The minimum Gasteiger partial charge on any atom is -0.394 e. The quantitative estimate of drug-likeness (QED) is 0.807. The highest BCUT2D eigenvalue weighted by Crippen LogP contribution is 2.34. The van der Waals surface area contributed by atoms with Crippen LogP contribution in [0.1, 0.15) is 45.4 Å². The zero-order chi connectivity index (χ0) is 12.1. The first kappa shape index (κ1) is 16.2. The lowest BCUT2D eigenvalue weighted by atomic mass is 9.89. The zero-order valence-electron chi connectivity index (χ0n) is 11.7. The zero-order valence-corrected chi connectivity index (χ0v) is 12.5. The number of aliphatic hydroxyl groups is 1. The molecule has 2 N–H and O–H groups in total. The van der Waals surface area contributed by atoms with Crippen LogP contribution in [0.5, 0.6) is 0 Å². The molecule has 2 fully saturated rings. The van der Waals surface area contributed by atoms with Crippen LogP contribution in [-0.4, -0.2) is 48.3 Å². The molecule has 0 radical (unpaired) electrons. The highest BCUT2D eigenvalue weighted by molar-refractivity contribution is 5.85. The molecule has 2 heterocycles. The van der Waals surface area contributed by atoms with Crippen LogP contribution in [0.4, 0.5) is 0 Å². The van der Waals surface area contributed by atoms with E-state index < -0.39 is 0 Å². The number of rotatable bonds is 5. The van der Waals surface area contributed by atoms with E-state index in [-0.39, 0.29) is 17.9 Å². The van der Waals surface area contributed by atoms with Crippen molar-refractivity contribution in [2.24, 2.45) is 5.92 Å². The lowest BCUT2D eigenvalue weighted by Crippen LogP contribution is -2.49. The summed E-state index contributed by atoms with van der Waals surface area (Å²) in [6, 6.07) is 0. The molecule has 3 nitrogen and oxygen atoms in total. The summed E-state index contributed by atoms with van der Waals surface area (Å²) in [5, 5.41) is 13.2. The van der Waals surface area contributed by atoms with E-state index in [0.717, 1.165) is 12.3 Å². The molecular weight excluding hydrogens is 248 g/mol. The number of aliphatic hydroxyl groups excluding tert-OH is 1. The molecule has 0 amide bonds. The molecule has 0 spiro atoms. The van der Waals surface area contributed by atoms with Gasteiger partial charge in [0.15, 0.2) is 0 Å². The van der Waals surface area contributed by atoms with Gasteiger partial charge in [0.2, 0.25) is 0 Å². The third kappa shape index (κ3) is 3.60. The fraction of sp³-hybridized carbons (Fsp3) is 1.00. The van der Waals surface area contributed by atoms with Gasteiger partial charge in [0, 0.05) is 12.1 Å². The number of nitrogens with zero attached hydrogens (tertiary/aromatic N) is 1. The molecule has 2 aliphatic rings. The van der Waals surface area contributed by atoms with Gasteiger partial charge in [-0.3, -0.25) is 4.90 Å². The van der Waals surface area contributed by atoms with Crippen molar-refractivity contribution in [1.29, 1.82) is 0 Å². The van der Waals surface area contributed by atoms with Crippen LogP contribution in [-0.2, 0) is 0 Å². The van der Waals surface area contributed by atoms with E-state index in [0.29, 0.717) is 6.61 Å². The molecule has 18 heavy (non-hydrogen) atoms. The van der Waals surface area contributed by atoms with Gasteiger partial charge < -0.3 is 10.4 Å². The van der Waals surface area contributed by atoms with Crippen molar-refractivity contribution in [3.8, 4) is 0 Å². The number of hydrogen-bond donors (Lipinski definition) is 2. The first-order valence-corrected chi connectivity index (χ1v) is 7.37. The van der Waals surface area contributed by atoms with E-state index in [1.807, 2.05) is 0 Å². The first-order chi connectivity index (χ1) is 8.30. The van der Waals surface area contributed by atoms with Crippen LogP contribution in [0.3, 0.4) is 0 Å². The average Bonchev–Trinajstić information content (AvgIpc) is 2.75. The molecule has 2 aliphatic heterocycles. The van der Waals surface area contributed by atoms with Crippen molar-refractivity contribution in [3.05, 3.63) is 0 Å². The van der Waals surface area contributed by atoms with Crippen molar-refractivity contribution in [2.45, 2.75) is 51.0 Å². The van der Waals surface area contributed by atoms with Gasteiger partial charge in [0.05, 0.1) is 6.61 Å². The Kier molecular flexibility index (Phi) is 6.93. The topological polar surface area (TPSA) is 35.5 Å². The molecule has 0 aromatic heterocycles. The van der Waals surface area contributed by atoms with Gasteiger partial charge in [0.25, 0.3) is 0 Å². The second-order valence-corrected chi connectivity index (χ2v) is 5.88. The molecule has 0 bridgehead atoms. The van der Waals surface area contributed by atoms with E-state index in [1.54, 1.807) is 0 Å². The van der Waals surface area contributed by atoms with Crippen LogP contribution in [0.25, 0.3) is 0 Å². The Balaban J connectivity index is 0.00000162. The Hall–Kier alpha value is 0.170. The lowest BCUT2D eigenvalue weighted by Gasteiger charge is -2.40. The molecule has 1 unspecified atom stereocenters. The van der Waals surface area contributed by atoms with Crippen molar-refractivity contribution < 1.29 is 5.11 Å². The van der Waals surface area contributed by atoms with E-state index >= 15 is 0 Å². The molecule has 0 aromatic carbocycles. The average molecular weight is 277 g/mol. The van der Waals surface area contributed by atoms with Crippen LogP contribution < -0.4 is 5.32 Å². The first-order valence-electron chi connectivity index (χ1n) is 7.37. The Morgan fingerprint density at radius 3 is 2.67 bits per heavy atom. The molecule has 108 valence electrons. The molecule has 4 heteroatoms. The number of halogens is 1. The smallest absolute Gasteiger partial charge is 0.0615 e. The molecule has 2 rings (SSSR count). The van der Waals surface area contributed by atoms with Crippen LogP contribution in [0, 0.1) is 5.92 Å². The maximum atomic E-state index is 9.79. The minimum atomic E-state index is 0. The largest absolute Gasteiger partial charge is 0.394 e. The van der Waals surface area contributed by atoms with Gasteiger partial charge in [-0.25, -0.2) is 0 Å². The summed E-state index contributed by atoms with van der Waals surface area (Å²) in [4.78, 5) is 2.60. The molecule has 1 atom stereocenters. The van der Waals surface area contributed by atoms with Gasteiger partial charge in [-0.1, -0.05) is 13.3 Å². The van der Waals surface area contributed by atoms with Crippen LogP contribution in [0.15, 0.2) is 0 Å². The van der Waals surface area contributed by atoms with E-state index in [9.17, 15) is 5.11 Å². The second-order valence-electron chi connectivity index (χ2n) is 5.88. The summed E-state index contributed by atoms with van der Waals surface area (Å²) in [6.07, 6.45) is 7.43. The fourth-order valence-corrected chi connectivity index (χ4v) is 3.66. The van der Waals surface area contributed by atoms with Gasteiger partial charge in [-0.15, -0.1) is 12.4 Å². The standard InChI is InChI=1S/C14H28N2O.ClH/c1-2-6-14(12-17)7-3-10-16(14)11-13-4-8-15-9-5-13;/h13,15,17H,2-12H2,1H3;1H. The van der Waals surface area contributed by atoms with Gasteiger partial charge in [0.1, 0.15) is 0 Å². The van der Waals surface area contributed by atoms with E-state index in [4.69, 9.17) is 0 Å². The maximum Gasteiger partial charge on any atom is 0.0615 e. The highest BCUT2D eigenvalue weighted by atomic mass is 35.5. The third-order valence-electron chi connectivity index (χ3n) is 4.69. The lowest BCUT2D eigenvalue weighted by molar-refractivity contribution is 0.0408. The van der Waals surface area contributed by atoms with Gasteiger partial charge in [-0.05, 0) is 57.7 Å². The Morgan fingerprint density at radius 1 is 1.33 bits per heavy atom. The van der Waals surface area contributed by atoms with Crippen molar-refractivity contribution in [1.82, 2.24) is 10.2 Å². The van der Waals surface area contributed by atoms with E-state index in [1.165, 1.54) is 58.3 Å². The monoisotopic (exact) mass is 276 g/mol. The molecular formula is C14H29ClN2O. The summed E-state index contributed by atoms with van der Waals surface area (Å²) in [5.41, 5.74) is 0.125. The summed E-state index contributed by atoms with van der Waals surface area (Å²) < 4.78 is 0. The molecule has 2 saturated heterocycles. The SMILES string of the molecule is CCCC1(CO)CCCN1CC1CCNCC1.Cl. The van der Waals surface area contributed by atoms with Crippen molar-refractivity contribution in [2.75, 3.05) is 32.8 Å². The Bertz CT molecular complexity index is 234. The second kappa shape index (κ2) is 7.68. The van der Waals surface area contributed by atoms with Gasteiger partial charge in [-0.2, -0.15) is 0 Å². The number of likely N-dealkylation sites (tertiary alicyclic amines) is 1. The fourth-order valence-electron chi connectivity index (χ4n) is 3.66. The number of nitrogens with one attached hydrogen (secondary N) is 1. The van der Waals surface area contributed by atoms with Crippen LogP contribution >= 0.6 is 12.4 Å². The highest BCUT2D eigenvalue weighted by Gasteiger charge is 2.40. The molecule has 0 saturated carbocycles. The molecule has 0 aliphatic carbocycles. The van der Waals surface area contributed by atoms with Crippen LogP contribution in [0.2, 0.25) is 0 Å². The summed E-state index contributed by atoms with van der Waals surface area (Å²) >= 11 is 0. The summed E-state index contributed by atoms with van der Waals surface area (Å²) in [5.74, 6) is 0.845. The van der Waals surface area contributed by atoms with Crippen molar-refractivity contribution >= 4 is 12.4 Å². The Morgan fingerprint density at radius 2 is 2.06 bits per heavy atom. The van der Waals surface area contributed by atoms with Gasteiger partial charge >= 0.3 is 0 Å². The predicted octanol–water partition coefficient (Wildman–Crippen LogP) is 2.03. The normalized spacial score (nSPS) is 30.3. The Labute approximate surface area is 118 Å². The van der Waals surface area contributed by atoms with Crippen molar-refractivity contribution in [3.63, 3.8) is 0 Å². The summed E-state index contributed by atoms with van der Waals surface area (Å²) in [6.45, 7) is 7.35.